The van der Waals surface area contributed by atoms with Crippen molar-refractivity contribution in [1.82, 2.24) is 0 Å². The Bertz CT molecular complexity index is 1090. The van der Waals surface area contributed by atoms with Crippen molar-refractivity contribution in [2.75, 3.05) is 0 Å². The van der Waals surface area contributed by atoms with E-state index in [0.29, 0.717) is 16.0 Å². The van der Waals surface area contributed by atoms with Gasteiger partial charge in [-0.1, -0.05) is 60.3 Å². The number of rotatable bonds is 6. The lowest BCUT2D eigenvalue weighted by atomic mass is 10.0. The number of carbonyl (C=O) groups excluding carboxylic acids is 1. The Balaban J connectivity index is 2.05. The minimum absolute atomic E-state index is 0.0818. The summed E-state index contributed by atoms with van der Waals surface area (Å²) in [5, 5.41) is 20.7. The fraction of sp³-hybridized carbons (Fsp3) is 0. The van der Waals surface area contributed by atoms with Crippen molar-refractivity contribution in [2.24, 2.45) is 0 Å². The van der Waals surface area contributed by atoms with Crippen LogP contribution < -0.4 is 0 Å². The molecule has 3 aromatic carbocycles. The van der Waals surface area contributed by atoms with Crippen LogP contribution in [0, 0.1) is 21.4 Å². The Morgan fingerprint density at radius 2 is 1.64 bits per heavy atom. The smallest absolute Gasteiger partial charge is 0.270 e. The molecule has 0 saturated heterocycles. The zero-order valence-electron chi connectivity index (χ0n) is 14.6. The van der Waals surface area contributed by atoms with Crippen LogP contribution in [0.1, 0.15) is 15.9 Å². The molecule has 0 aliphatic rings. The van der Waals surface area contributed by atoms with Crippen LogP contribution >= 0.6 is 11.8 Å². The highest BCUT2D eigenvalue weighted by Gasteiger charge is 2.15. The van der Waals surface area contributed by atoms with Crippen LogP contribution in [0.15, 0.2) is 94.2 Å². The molecule has 0 saturated carbocycles. The average Bonchev–Trinajstić information content (AvgIpc) is 2.73. The molecule has 0 heterocycles. The van der Waals surface area contributed by atoms with Crippen LogP contribution in [0.5, 0.6) is 0 Å². The fourth-order valence-corrected chi connectivity index (χ4v) is 3.44. The van der Waals surface area contributed by atoms with Gasteiger partial charge >= 0.3 is 0 Å². The first-order valence-corrected chi connectivity index (χ1v) is 9.13. The number of non-ortho nitro benzene ring substituents is 1. The topological polar surface area (TPSA) is 84.0 Å². The summed E-state index contributed by atoms with van der Waals surface area (Å²) in [5.41, 5.74) is 0.650. The second-order valence-corrected chi connectivity index (χ2v) is 6.87. The normalized spacial score (nSPS) is 10.9. The average molecular weight is 386 g/mol. The standard InChI is InChI=1S/C22H14N2O3S/c23-15-18(22(25)16-7-3-1-4-8-16)13-17-14-19(24(26)27)11-12-21(17)28-20-9-5-2-6-10-20/h1-14H/b18-13-. The number of hydrogen-bond acceptors (Lipinski definition) is 5. The van der Waals surface area contributed by atoms with E-state index in [1.165, 1.54) is 30.0 Å². The Hall–Kier alpha value is -3.69. The number of nitrogens with zero attached hydrogens (tertiary/aromatic N) is 2. The second-order valence-electron chi connectivity index (χ2n) is 5.76. The van der Waals surface area contributed by atoms with Gasteiger partial charge < -0.3 is 0 Å². The molecule has 0 amide bonds. The van der Waals surface area contributed by atoms with Crippen LogP contribution in [0.25, 0.3) is 6.08 Å². The maximum absolute atomic E-state index is 12.6. The van der Waals surface area contributed by atoms with Crippen LogP contribution in [0.2, 0.25) is 0 Å². The molecular weight excluding hydrogens is 372 g/mol. The predicted octanol–water partition coefficient (Wildman–Crippen LogP) is 5.54. The zero-order valence-corrected chi connectivity index (χ0v) is 15.4. The third-order valence-corrected chi connectivity index (χ3v) is 4.98. The van der Waals surface area contributed by atoms with E-state index in [1.54, 1.807) is 36.4 Å². The summed E-state index contributed by atoms with van der Waals surface area (Å²) in [6, 6.07) is 24.3. The van der Waals surface area contributed by atoms with Gasteiger partial charge in [-0.05, 0) is 29.8 Å². The number of allylic oxidation sites excluding steroid dienone is 1. The highest BCUT2D eigenvalue weighted by atomic mass is 32.2. The van der Waals surface area contributed by atoms with Gasteiger partial charge in [0.05, 0.1) is 4.92 Å². The van der Waals surface area contributed by atoms with Crippen molar-refractivity contribution >= 4 is 29.3 Å². The van der Waals surface area contributed by atoms with Gasteiger partial charge in [0.1, 0.15) is 11.6 Å². The van der Waals surface area contributed by atoms with Gasteiger partial charge in [-0.3, -0.25) is 14.9 Å². The lowest BCUT2D eigenvalue weighted by Crippen LogP contribution is -2.01. The van der Waals surface area contributed by atoms with Crippen molar-refractivity contribution in [3.05, 3.63) is 106 Å². The summed E-state index contributed by atoms with van der Waals surface area (Å²) in [4.78, 5) is 25.0. The summed E-state index contributed by atoms with van der Waals surface area (Å²) in [5.74, 6) is -0.426. The molecule has 5 nitrogen and oxygen atoms in total. The SMILES string of the molecule is N#C/C(=C/c1cc([N+](=O)[O-])ccc1Sc1ccccc1)C(=O)c1ccccc1. The first-order valence-electron chi connectivity index (χ1n) is 8.31. The molecule has 0 atom stereocenters. The number of carbonyl (C=O) groups is 1. The molecule has 0 bridgehead atoms. The number of hydrogen-bond donors (Lipinski definition) is 0. The second kappa shape index (κ2) is 8.80. The maximum atomic E-state index is 12.6. The molecule has 0 N–H and O–H groups in total. The number of nitriles is 1. The predicted molar refractivity (Wildman–Crippen MR) is 108 cm³/mol. The molecule has 0 spiro atoms. The summed E-state index contributed by atoms with van der Waals surface area (Å²) in [6.07, 6.45) is 1.41. The van der Waals surface area contributed by atoms with E-state index in [4.69, 9.17) is 0 Å². The molecule has 0 aliphatic carbocycles. The highest BCUT2D eigenvalue weighted by molar-refractivity contribution is 7.99. The van der Waals surface area contributed by atoms with E-state index in [2.05, 4.69) is 0 Å². The lowest BCUT2D eigenvalue weighted by Gasteiger charge is -2.07. The van der Waals surface area contributed by atoms with Crippen LogP contribution in [0.4, 0.5) is 5.69 Å². The third-order valence-electron chi connectivity index (χ3n) is 3.88. The number of benzene rings is 3. The molecule has 136 valence electrons. The Morgan fingerprint density at radius 1 is 1.00 bits per heavy atom. The molecule has 0 aliphatic heterocycles. The van der Waals surface area contributed by atoms with Crippen molar-refractivity contribution in [1.29, 1.82) is 5.26 Å². The number of nitro groups is 1. The summed E-state index contributed by atoms with van der Waals surface area (Å²) in [6.45, 7) is 0. The maximum Gasteiger partial charge on any atom is 0.270 e. The van der Waals surface area contributed by atoms with Gasteiger partial charge in [-0.2, -0.15) is 5.26 Å². The fourth-order valence-electron chi connectivity index (χ4n) is 2.52. The Kier molecular flexibility index (Phi) is 6.00. The molecule has 3 rings (SSSR count). The third kappa shape index (κ3) is 4.53. The van der Waals surface area contributed by atoms with Gasteiger partial charge in [-0.15, -0.1) is 0 Å². The highest BCUT2D eigenvalue weighted by Crippen LogP contribution is 2.33. The van der Waals surface area contributed by atoms with E-state index >= 15 is 0 Å². The first-order chi connectivity index (χ1) is 13.6. The lowest BCUT2D eigenvalue weighted by molar-refractivity contribution is -0.384. The Labute approximate surface area is 166 Å². The van der Waals surface area contributed by atoms with Gasteiger partial charge in [0, 0.05) is 27.5 Å². The van der Waals surface area contributed by atoms with Gasteiger partial charge in [0.25, 0.3) is 5.69 Å². The number of ketones is 1. The van der Waals surface area contributed by atoms with Crippen molar-refractivity contribution < 1.29 is 9.72 Å². The van der Waals surface area contributed by atoms with Crippen LogP contribution in [-0.4, -0.2) is 10.7 Å². The Morgan fingerprint density at radius 3 is 2.25 bits per heavy atom. The van der Waals surface area contributed by atoms with Gasteiger partial charge in [0.2, 0.25) is 5.78 Å². The van der Waals surface area contributed by atoms with E-state index < -0.39 is 10.7 Å². The number of Topliss-reactive ketones (excluding diaryl/α,β-unsaturated/α-hetero) is 1. The van der Waals surface area contributed by atoms with E-state index in [0.717, 1.165) is 4.90 Å². The molecular formula is C22H14N2O3S. The van der Waals surface area contributed by atoms with E-state index in [-0.39, 0.29) is 11.3 Å². The van der Waals surface area contributed by atoms with Gasteiger partial charge in [-0.25, -0.2) is 0 Å². The molecule has 0 fully saturated rings. The largest absolute Gasteiger partial charge is 0.288 e. The molecule has 0 aromatic heterocycles. The van der Waals surface area contributed by atoms with Crippen LogP contribution in [0.3, 0.4) is 0 Å². The van der Waals surface area contributed by atoms with Crippen molar-refractivity contribution in [3.63, 3.8) is 0 Å². The zero-order chi connectivity index (χ0) is 19.9. The van der Waals surface area contributed by atoms with E-state index in [9.17, 15) is 20.2 Å². The molecule has 0 unspecified atom stereocenters. The number of nitro benzene ring substituents is 1. The molecule has 0 radical (unpaired) electrons. The van der Waals surface area contributed by atoms with Gasteiger partial charge in [0.15, 0.2) is 0 Å². The van der Waals surface area contributed by atoms with Crippen molar-refractivity contribution in [3.8, 4) is 6.07 Å². The van der Waals surface area contributed by atoms with Crippen molar-refractivity contribution in [2.45, 2.75) is 9.79 Å². The summed E-state index contributed by atoms with van der Waals surface area (Å²) < 4.78 is 0. The van der Waals surface area contributed by atoms with E-state index in [1.807, 2.05) is 36.4 Å². The first kappa shape index (κ1) is 19.1. The molecule has 6 heteroatoms. The molecule has 3 aromatic rings. The van der Waals surface area contributed by atoms with Crippen LogP contribution in [-0.2, 0) is 0 Å². The minimum Gasteiger partial charge on any atom is -0.288 e. The minimum atomic E-state index is -0.501. The quantitative estimate of drug-likeness (QED) is 0.183. The molecule has 28 heavy (non-hydrogen) atoms. The summed E-state index contributed by atoms with van der Waals surface area (Å²) >= 11 is 1.41. The summed E-state index contributed by atoms with van der Waals surface area (Å²) in [7, 11) is 0. The monoisotopic (exact) mass is 386 g/mol.